The van der Waals surface area contributed by atoms with E-state index in [4.69, 9.17) is 11.5 Å². The van der Waals surface area contributed by atoms with Gasteiger partial charge in [-0.15, -0.1) is 0 Å². The number of hydrogen-bond acceptors (Lipinski definition) is 3. The number of rotatable bonds is 1. The van der Waals surface area contributed by atoms with Crippen LogP contribution in [0.25, 0.3) is 10.8 Å². The molecule has 3 nitrogen and oxygen atoms in total. The predicted octanol–water partition coefficient (Wildman–Crippen LogP) is 1.28. The minimum atomic E-state index is 0.494. The van der Waals surface area contributed by atoms with Crippen LogP contribution < -0.4 is 11.5 Å². The lowest BCUT2D eigenvalue weighted by Gasteiger charge is -2.04. The molecular weight excluding hydrogens is 162 g/mol. The third-order valence-corrected chi connectivity index (χ3v) is 2.13. The number of aromatic nitrogens is 1. The van der Waals surface area contributed by atoms with E-state index < -0.39 is 0 Å². The van der Waals surface area contributed by atoms with Gasteiger partial charge in [-0.3, -0.25) is 0 Å². The van der Waals surface area contributed by atoms with Gasteiger partial charge in [-0.2, -0.15) is 0 Å². The Morgan fingerprint density at radius 3 is 2.54 bits per heavy atom. The third-order valence-electron chi connectivity index (χ3n) is 2.13. The largest absolute Gasteiger partial charge is 0.383 e. The van der Waals surface area contributed by atoms with E-state index in [9.17, 15) is 0 Å². The molecule has 2 rings (SSSR count). The van der Waals surface area contributed by atoms with Gasteiger partial charge in [0.2, 0.25) is 0 Å². The number of nitrogen functional groups attached to an aromatic ring is 1. The van der Waals surface area contributed by atoms with Gasteiger partial charge < -0.3 is 11.5 Å². The van der Waals surface area contributed by atoms with Crippen molar-refractivity contribution in [2.45, 2.75) is 6.54 Å². The highest BCUT2D eigenvalue weighted by Gasteiger charge is 2.01. The van der Waals surface area contributed by atoms with Crippen LogP contribution in [0.5, 0.6) is 0 Å². The van der Waals surface area contributed by atoms with E-state index in [0.29, 0.717) is 12.4 Å². The van der Waals surface area contributed by atoms with Crippen molar-refractivity contribution in [3.8, 4) is 0 Å². The van der Waals surface area contributed by atoms with Crippen molar-refractivity contribution in [1.82, 2.24) is 4.98 Å². The van der Waals surface area contributed by atoms with Gasteiger partial charge in [-0.1, -0.05) is 24.3 Å². The Balaban J connectivity index is 2.84. The van der Waals surface area contributed by atoms with Crippen molar-refractivity contribution in [3.63, 3.8) is 0 Å². The number of nitrogens with zero attached hydrogens (tertiary/aromatic N) is 1. The van der Waals surface area contributed by atoms with Gasteiger partial charge in [-0.25, -0.2) is 4.98 Å². The molecule has 0 spiro atoms. The normalized spacial score (nSPS) is 10.5. The summed E-state index contributed by atoms with van der Waals surface area (Å²) in [6, 6.07) is 7.88. The van der Waals surface area contributed by atoms with Gasteiger partial charge in [0, 0.05) is 18.1 Å². The van der Waals surface area contributed by atoms with Crippen LogP contribution in [0.3, 0.4) is 0 Å². The van der Waals surface area contributed by atoms with Gasteiger partial charge in [-0.05, 0) is 10.9 Å². The highest BCUT2D eigenvalue weighted by molar-refractivity contribution is 5.92. The molecule has 0 aliphatic carbocycles. The second-order valence-corrected chi connectivity index (χ2v) is 2.92. The lowest BCUT2D eigenvalue weighted by molar-refractivity contribution is 1.07. The maximum absolute atomic E-state index is 5.73. The van der Waals surface area contributed by atoms with Crippen molar-refractivity contribution >= 4 is 16.6 Å². The van der Waals surface area contributed by atoms with E-state index >= 15 is 0 Å². The van der Waals surface area contributed by atoms with E-state index in [2.05, 4.69) is 4.98 Å². The van der Waals surface area contributed by atoms with E-state index in [1.54, 1.807) is 6.20 Å². The molecule has 0 saturated heterocycles. The number of hydrogen-bond donors (Lipinski definition) is 2. The zero-order chi connectivity index (χ0) is 9.26. The first-order valence-electron chi connectivity index (χ1n) is 4.15. The van der Waals surface area contributed by atoms with Crippen molar-refractivity contribution in [2.24, 2.45) is 5.73 Å². The average molecular weight is 173 g/mol. The Labute approximate surface area is 76.4 Å². The second-order valence-electron chi connectivity index (χ2n) is 2.92. The molecule has 2 aromatic rings. The molecule has 66 valence electrons. The number of benzene rings is 1. The molecule has 1 heterocycles. The molecule has 0 saturated carbocycles. The summed E-state index contributed by atoms with van der Waals surface area (Å²) in [5, 5.41) is 2.07. The van der Waals surface area contributed by atoms with E-state index in [-0.39, 0.29) is 0 Å². The molecule has 0 atom stereocenters. The quantitative estimate of drug-likeness (QED) is 0.682. The van der Waals surface area contributed by atoms with Gasteiger partial charge in [0.05, 0.1) is 0 Å². The summed E-state index contributed by atoms with van der Waals surface area (Å²) in [5.74, 6) is 0.563. The molecule has 0 radical (unpaired) electrons. The summed E-state index contributed by atoms with van der Waals surface area (Å²) in [6.07, 6.45) is 1.73. The fraction of sp³-hybridized carbons (Fsp3) is 0.100. The summed E-state index contributed by atoms with van der Waals surface area (Å²) in [7, 11) is 0. The smallest absolute Gasteiger partial charge is 0.131 e. The average Bonchev–Trinajstić information content (AvgIpc) is 2.19. The first-order chi connectivity index (χ1) is 6.33. The molecule has 13 heavy (non-hydrogen) atoms. The van der Waals surface area contributed by atoms with Crippen LogP contribution in [-0.4, -0.2) is 4.98 Å². The minimum Gasteiger partial charge on any atom is -0.383 e. The third kappa shape index (κ3) is 1.23. The van der Waals surface area contributed by atoms with Crippen LogP contribution in [0, 0.1) is 0 Å². The van der Waals surface area contributed by atoms with Gasteiger partial charge in [0.1, 0.15) is 5.82 Å². The Bertz CT molecular complexity index is 437. The monoisotopic (exact) mass is 173 g/mol. The van der Waals surface area contributed by atoms with Crippen LogP contribution in [-0.2, 0) is 6.54 Å². The summed E-state index contributed by atoms with van der Waals surface area (Å²) in [5.41, 5.74) is 12.3. The molecule has 0 bridgehead atoms. The zero-order valence-corrected chi connectivity index (χ0v) is 7.20. The molecule has 3 heteroatoms. The highest BCUT2D eigenvalue weighted by Crippen LogP contribution is 2.21. The van der Waals surface area contributed by atoms with Crippen molar-refractivity contribution in [2.75, 3.05) is 5.73 Å². The first-order valence-corrected chi connectivity index (χ1v) is 4.15. The first kappa shape index (κ1) is 8.01. The minimum absolute atomic E-state index is 0.494. The molecular formula is C10H11N3. The van der Waals surface area contributed by atoms with Crippen LogP contribution in [0.1, 0.15) is 5.56 Å². The van der Waals surface area contributed by atoms with E-state index in [1.165, 1.54) is 0 Å². The molecule has 0 fully saturated rings. The number of fused-ring (bicyclic) bond motifs is 1. The Kier molecular flexibility index (Phi) is 1.87. The fourth-order valence-electron chi connectivity index (χ4n) is 1.44. The van der Waals surface area contributed by atoms with Crippen LogP contribution in [0.15, 0.2) is 30.5 Å². The number of pyridine rings is 1. The number of nitrogens with two attached hydrogens (primary N) is 2. The zero-order valence-electron chi connectivity index (χ0n) is 7.20. The van der Waals surface area contributed by atoms with Gasteiger partial charge in [0.15, 0.2) is 0 Å². The SMILES string of the molecule is NCc1cnc(N)c2ccccc12. The topological polar surface area (TPSA) is 64.9 Å². The van der Waals surface area contributed by atoms with E-state index in [1.807, 2.05) is 24.3 Å². The molecule has 0 unspecified atom stereocenters. The van der Waals surface area contributed by atoms with Crippen LogP contribution in [0.2, 0.25) is 0 Å². The summed E-state index contributed by atoms with van der Waals surface area (Å²) in [4.78, 5) is 4.08. The van der Waals surface area contributed by atoms with Gasteiger partial charge in [0.25, 0.3) is 0 Å². The Morgan fingerprint density at radius 1 is 1.15 bits per heavy atom. The highest BCUT2D eigenvalue weighted by atomic mass is 14.8. The molecule has 0 aliphatic rings. The second kappa shape index (κ2) is 3.03. The maximum atomic E-state index is 5.73. The standard InChI is InChI=1S/C10H11N3/c11-5-7-6-13-10(12)9-4-2-1-3-8(7)9/h1-4,6H,5,11H2,(H2,12,13). The van der Waals surface area contributed by atoms with Crippen LogP contribution >= 0.6 is 0 Å². The lowest BCUT2D eigenvalue weighted by atomic mass is 10.1. The summed E-state index contributed by atoms with van der Waals surface area (Å²) >= 11 is 0. The number of anilines is 1. The fourth-order valence-corrected chi connectivity index (χ4v) is 1.44. The van der Waals surface area contributed by atoms with Crippen molar-refractivity contribution in [1.29, 1.82) is 0 Å². The Hall–Kier alpha value is -1.61. The molecule has 1 aromatic carbocycles. The summed E-state index contributed by atoms with van der Waals surface area (Å²) < 4.78 is 0. The maximum Gasteiger partial charge on any atom is 0.131 e. The van der Waals surface area contributed by atoms with Crippen molar-refractivity contribution < 1.29 is 0 Å². The van der Waals surface area contributed by atoms with E-state index in [0.717, 1.165) is 16.3 Å². The Morgan fingerprint density at radius 2 is 1.85 bits per heavy atom. The molecule has 4 N–H and O–H groups in total. The summed E-state index contributed by atoms with van der Waals surface area (Å²) in [6.45, 7) is 0.494. The van der Waals surface area contributed by atoms with Crippen LogP contribution in [0.4, 0.5) is 5.82 Å². The van der Waals surface area contributed by atoms with Crippen molar-refractivity contribution in [3.05, 3.63) is 36.0 Å². The molecule has 1 aromatic heterocycles. The molecule has 0 amide bonds. The predicted molar refractivity (Wildman–Crippen MR) is 54.0 cm³/mol. The molecule has 0 aliphatic heterocycles. The van der Waals surface area contributed by atoms with Gasteiger partial charge >= 0.3 is 0 Å². The lowest BCUT2D eigenvalue weighted by Crippen LogP contribution is -2.00.